The summed E-state index contributed by atoms with van der Waals surface area (Å²) >= 11 is 0. The Morgan fingerprint density at radius 1 is 0.301 bits per heavy atom. The van der Waals surface area contributed by atoms with Crippen molar-refractivity contribution in [2.24, 2.45) is 0 Å². The Morgan fingerprint density at radius 2 is 0.554 bits per heavy atom. The number of rotatable bonds is 20. The molecule has 9 aromatic rings. The van der Waals surface area contributed by atoms with Crippen LogP contribution in [0.1, 0.15) is 140 Å². The predicted molar refractivity (Wildman–Crippen MR) is 347 cm³/mol. The number of ether oxygens (including phenoxy) is 3. The average molecular weight is 1100 g/mol. The first-order valence-electron chi connectivity index (χ1n) is 31.5. The topological polar surface area (TPSA) is 34.2 Å². The molecule has 0 unspecified atom stereocenters. The van der Waals surface area contributed by atoms with Gasteiger partial charge in [-0.3, -0.25) is 0 Å². The van der Waals surface area contributed by atoms with Crippen LogP contribution in [0, 0.1) is 0 Å². The van der Waals surface area contributed by atoms with Gasteiger partial charge in [0.2, 0.25) is 0 Å². The fraction of sp³-hybridized carbons (Fsp3) is 0.308. The van der Waals surface area contributed by atoms with Crippen LogP contribution < -0.4 is 24.0 Å². The zero-order valence-corrected chi connectivity index (χ0v) is 48.9. The highest BCUT2D eigenvalue weighted by Crippen LogP contribution is 2.40. The molecule has 0 aromatic heterocycles. The molecular formula is C78H82N2O3. The van der Waals surface area contributed by atoms with Crippen LogP contribution in [0.25, 0.3) is 44.5 Å². The van der Waals surface area contributed by atoms with Crippen LogP contribution in [-0.4, -0.2) is 18.3 Å². The van der Waals surface area contributed by atoms with Crippen molar-refractivity contribution in [1.29, 1.82) is 0 Å². The monoisotopic (exact) mass is 1090 g/mol. The molecule has 83 heavy (non-hydrogen) atoms. The van der Waals surface area contributed by atoms with Gasteiger partial charge in [-0.05, 0) is 249 Å². The molecular weight excluding hydrogens is 1010 g/mol. The van der Waals surface area contributed by atoms with E-state index in [0.717, 1.165) is 97.1 Å². The quantitative estimate of drug-likeness (QED) is 0.0760. The molecule has 0 bridgehead atoms. The van der Waals surface area contributed by atoms with E-state index in [2.05, 4.69) is 242 Å². The van der Waals surface area contributed by atoms with Gasteiger partial charge in [-0.15, -0.1) is 0 Å². The van der Waals surface area contributed by atoms with Gasteiger partial charge in [0.15, 0.2) is 0 Å². The van der Waals surface area contributed by atoms with Crippen molar-refractivity contribution >= 4 is 28.4 Å². The van der Waals surface area contributed by atoms with Crippen LogP contribution in [0.2, 0.25) is 0 Å². The molecule has 0 radical (unpaired) electrons. The molecule has 422 valence electrons. The summed E-state index contributed by atoms with van der Waals surface area (Å²) < 4.78 is 19.1. The van der Waals surface area contributed by atoms with E-state index in [1.807, 2.05) is 0 Å². The van der Waals surface area contributed by atoms with Gasteiger partial charge in [0, 0.05) is 35.0 Å². The minimum atomic E-state index is 0.337. The average Bonchev–Trinajstić information content (AvgIpc) is 3.60. The lowest BCUT2D eigenvalue weighted by atomic mass is 9.94. The maximum absolute atomic E-state index is 6.38. The Balaban J connectivity index is 0.787. The second kappa shape index (κ2) is 26.9. The van der Waals surface area contributed by atoms with E-state index >= 15 is 0 Å². The molecule has 3 aliphatic rings. The zero-order chi connectivity index (χ0) is 56.2. The molecule has 9 aromatic carbocycles. The van der Waals surface area contributed by atoms with Crippen LogP contribution in [0.3, 0.4) is 0 Å². The molecule has 3 aliphatic carbocycles. The Labute approximate surface area is 494 Å². The highest BCUT2D eigenvalue weighted by atomic mass is 16.5. The van der Waals surface area contributed by atoms with E-state index in [4.69, 9.17) is 14.2 Å². The van der Waals surface area contributed by atoms with E-state index < -0.39 is 0 Å². The molecule has 3 saturated carbocycles. The largest absolute Gasteiger partial charge is 0.490 e. The van der Waals surface area contributed by atoms with Crippen molar-refractivity contribution in [2.75, 3.05) is 9.80 Å². The minimum absolute atomic E-state index is 0.337. The Morgan fingerprint density at radius 3 is 0.843 bits per heavy atom. The first kappa shape index (κ1) is 55.5. The fourth-order valence-electron chi connectivity index (χ4n) is 13.0. The summed E-state index contributed by atoms with van der Waals surface area (Å²) in [5.41, 5.74) is 17.8. The second-order valence-corrected chi connectivity index (χ2v) is 23.6. The van der Waals surface area contributed by atoms with E-state index in [9.17, 15) is 0 Å². The standard InChI is InChI=1S/C78H82N2O3/c1-3-58(4-2)59-28-44-70(45-29-59)80(72-48-32-64(33-49-72)67-38-54-78(55-39-67)83-75-18-12-7-13-19-75)71-46-30-63(31-47-71)61-24-40-68(41-25-61)79(69-42-26-62(27-43-69)66-36-52-77(53-37-66)82-74-16-10-6-11-17-74)56-57-20-22-60(23-21-57)65-34-50-76(51-35-65)81-73-14-8-5-9-15-73/h20-55,58,73-75H,3-19,56H2,1-2H3. The molecule has 0 aliphatic heterocycles. The summed E-state index contributed by atoms with van der Waals surface area (Å²) in [7, 11) is 0. The Bertz CT molecular complexity index is 3410. The van der Waals surface area contributed by atoms with Gasteiger partial charge < -0.3 is 24.0 Å². The van der Waals surface area contributed by atoms with Crippen LogP contribution in [-0.2, 0) is 6.54 Å². The van der Waals surface area contributed by atoms with Crippen molar-refractivity contribution in [2.45, 2.75) is 154 Å². The van der Waals surface area contributed by atoms with Crippen molar-refractivity contribution in [3.63, 3.8) is 0 Å². The fourth-order valence-corrected chi connectivity index (χ4v) is 13.0. The molecule has 5 nitrogen and oxygen atoms in total. The normalized spacial score (nSPS) is 15.2. The molecule has 3 fully saturated rings. The summed E-state index contributed by atoms with van der Waals surface area (Å²) in [5, 5.41) is 0. The van der Waals surface area contributed by atoms with Gasteiger partial charge in [-0.1, -0.05) is 154 Å². The third-order valence-corrected chi connectivity index (χ3v) is 18.0. The maximum atomic E-state index is 6.38. The third-order valence-electron chi connectivity index (χ3n) is 18.0. The van der Waals surface area contributed by atoms with E-state index in [0.29, 0.717) is 30.8 Å². The molecule has 0 saturated heterocycles. The molecule has 0 amide bonds. The summed E-state index contributed by atoms with van der Waals surface area (Å²) in [6.45, 7) is 5.30. The number of anilines is 5. The van der Waals surface area contributed by atoms with Crippen LogP contribution in [0.5, 0.6) is 17.2 Å². The lowest BCUT2D eigenvalue weighted by Crippen LogP contribution is -2.19. The highest BCUT2D eigenvalue weighted by Gasteiger charge is 2.20. The highest BCUT2D eigenvalue weighted by molar-refractivity contribution is 5.81. The number of hydrogen-bond acceptors (Lipinski definition) is 5. The third kappa shape index (κ3) is 13.9. The number of hydrogen-bond donors (Lipinski definition) is 0. The molecule has 0 atom stereocenters. The molecule has 0 heterocycles. The van der Waals surface area contributed by atoms with Crippen LogP contribution in [0.4, 0.5) is 28.4 Å². The minimum Gasteiger partial charge on any atom is -0.490 e. The van der Waals surface area contributed by atoms with Crippen LogP contribution >= 0.6 is 0 Å². The first-order chi connectivity index (χ1) is 41.0. The molecule has 12 rings (SSSR count). The smallest absolute Gasteiger partial charge is 0.119 e. The van der Waals surface area contributed by atoms with Crippen molar-refractivity contribution in [3.05, 3.63) is 230 Å². The van der Waals surface area contributed by atoms with E-state index in [1.54, 1.807) is 0 Å². The number of benzene rings is 9. The Kier molecular flexibility index (Phi) is 18.0. The van der Waals surface area contributed by atoms with Crippen molar-refractivity contribution in [3.8, 4) is 61.8 Å². The second-order valence-electron chi connectivity index (χ2n) is 23.6. The molecule has 0 N–H and O–H groups in total. The predicted octanol–water partition coefficient (Wildman–Crippen LogP) is 22.2. The summed E-state index contributed by atoms with van der Waals surface area (Å²) in [4.78, 5) is 4.82. The van der Waals surface area contributed by atoms with Crippen molar-refractivity contribution < 1.29 is 14.2 Å². The number of nitrogens with zero attached hydrogens (tertiary/aromatic N) is 2. The van der Waals surface area contributed by atoms with Gasteiger partial charge in [-0.25, -0.2) is 0 Å². The Hall–Kier alpha value is -8.02. The summed E-state index contributed by atoms with van der Waals surface area (Å²) in [6.07, 6.45) is 21.8. The molecule has 0 spiro atoms. The first-order valence-corrected chi connectivity index (χ1v) is 31.5. The summed E-state index contributed by atoms with van der Waals surface area (Å²) in [5.74, 6) is 3.46. The van der Waals surface area contributed by atoms with E-state index in [1.165, 1.54) is 113 Å². The van der Waals surface area contributed by atoms with E-state index in [-0.39, 0.29) is 0 Å². The van der Waals surface area contributed by atoms with Gasteiger partial charge >= 0.3 is 0 Å². The lowest BCUT2D eigenvalue weighted by Gasteiger charge is -2.27. The summed E-state index contributed by atoms with van der Waals surface area (Å²) in [6, 6.07) is 80.6. The molecule has 5 heteroatoms. The van der Waals surface area contributed by atoms with Gasteiger partial charge in [0.1, 0.15) is 17.2 Å². The zero-order valence-electron chi connectivity index (χ0n) is 48.9. The lowest BCUT2D eigenvalue weighted by molar-refractivity contribution is 0.155. The van der Waals surface area contributed by atoms with Gasteiger partial charge in [0.25, 0.3) is 0 Å². The SMILES string of the molecule is CCC(CC)c1ccc(N(c2ccc(-c3ccc(OC4CCCCC4)cc3)cc2)c2ccc(-c3ccc(N(Cc4ccc(-c5ccc(OC6CCCCC6)cc5)cc4)c4ccc(-c5ccc(OC6CCCCC6)cc5)cc4)cc3)cc2)cc1. The van der Waals surface area contributed by atoms with Crippen molar-refractivity contribution in [1.82, 2.24) is 0 Å². The van der Waals surface area contributed by atoms with Gasteiger partial charge in [-0.2, -0.15) is 0 Å². The van der Waals surface area contributed by atoms with Gasteiger partial charge in [0.05, 0.1) is 18.3 Å². The van der Waals surface area contributed by atoms with Crippen LogP contribution in [0.15, 0.2) is 218 Å². The maximum Gasteiger partial charge on any atom is 0.119 e.